The standard InChI is InChI=1S/C22H23F2N3O/c1-26-18(13-25-20(26)14-27-11-5-6-12-27)17-9-10-19(22(24)21(17)23)28-15-16-7-3-2-4-8-16/h2-4,7-10,13H,5-6,11-12,14-15H2,1H3. The van der Waals surface area contributed by atoms with Gasteiger partial charge in [0.15, 0.2) is 11.6 Å². The van der Waals surface area contributed by atoms with Crippen LogP contribution in [-0.2, 0) is 20.2 Å². The molecule has 1 aliphatic rings. The van der Waals surface area contributed by atoms with Crippen LogP contribution in [0.3, 0.4) is 0 Å². The van der Waals surface area contributed by atoms with Gasteiger partial charge in [0.05, 0.1) is 18.4 Å². The lowest BCUT2D eigenvalue weighted by Gasteiger charge is -2.15. The van der Waals surface area contributed by atoms with E-state index in [0.29, 0.717) is 5.69 Å². The van der Waals surface area contributed by atoms with E-state index in [1.54, 1.807) is 12.3 Å². The fourth-order valence-corrected chi connectivity index (χ4v) is 3.56. The molecule has 1 fully saturated rings. The molecular weight excluding hydrogens is 360 g/mol. The molecule has 2 heterocycles. The van der Waals surface area contributed by atoms with Crippen LogP contribution in [0, 0.1) is 11.6 Å². The molecule has 0 spiro atoms. The largest absolute Gasteiger partial charge is 0.486 e. The van der Waals surface area contributed by atoms with Crippen LogP contribution in [0.15, 0.2) is 48.7 Å². The summed E-state index contributed by atoms with van der Waals surface area (Å²) in [7, 11) is 1.84. The summed E-state index contributed by atoms with van der Waals surface area (Å²) >= 11 is 0. The first-order valence-electron chi connectivity index (χ1n) is 9.51. The fraction of sp³-hybridized carbons (Fsp3) is 0.318. The zero-order valence-corrected chi connectivity index (χ0v) is 15.9. The monoisotopic (exact) mass is 383 g/mol. The summed E-state index contributed by atoms with van der Waals surface area (Å²) in [6.45, 7) is 3.01. The van der Waals surface area contributed by atoms with Crippen molar-refractivity contribution in [2.24, 2.45) is 7.05 Å². The SMILES string of the molecule is Cn1c(-c2ccc(OCc3ccccc3)c(F)c2F)cnc1CN1CCCC1. The molecule has 0 atom stereocenters. The Morgan fingerprint density at radius 1 is 1.00 bits per heavy atom. The number of imidazole rings is 1. The van der Waals surface area contributed by atoms with Crippen molar-refractivity contribution in [2.45, 2.75) is 26.0 Å². The molecular formula is C22H23F2N3O. The van der Waals surface area contributed by atoms with Crippen LogP contribution in [0.5, 0.6) is 5.75 Å². The summed E-state index contributed by atoms with van der Waals surface area (Å²) in [5, 5.41) is 0. The smallest absolute Gasteiger partial charge is 0.201 e. The molecule has 0 amide bonds. The molecule has 0 unspecified atom stereocenters. The number of benzene rings is 2. The van der Waals surface area contributed by atoms with Gasteiger partial charge in [-0.3, -0.25) is 4.90 Å². The number of hydrogen-bond acceptors (Lipinski definition) is 3. The van der Waals surface area contributed by atoms with Crippen molar-refractivity contribution in [2.75, 3.05) is 13.1 Å². The molecule has 6 heteroatoms. The van der Waals surface area contributed by atoms with E-state index in [9.17, 15) is 8.78 Å². The van der Waals surface area contributed by atoms with Crippen molar-refractivity contribution >= 4 is 0 Å². The zero-order valence-electron chi connectivity index (χ0n) is 15.9. The predicted octanol–water partition coefficient (Wildman–Crippen LogP) is 4.54. The maximum Gasteiger partial charge on any atom is 0.201 e. The van der Waals surface area contributed by atoms with Crippen molar-refractivity contribution in [3.8, 4) is 17.0 Å². The van der Waals surface area contributed by atoms with Crippen LogP contribution in [0.2, 0.25) is 0 Å². The van der Waals surface area contributed by atoms with Crippen LogP contribution in [0.1, 0.15) is 24.2 Å². The highest BCUT2D eigenvalue weighted by atomic mass is 19.2. The van der Waals surface area contributed by atoms with E-state index >= 15 is 0 Å². The fourth-order valence-electron chi connectivity index (χ4n) is 3.56. The number of nitrogens with zero attached hydrogens (tertiary/aromatic N) is 3. The summed E-state index contributed by atoms with van der Waals surface area (Å²) in [5.41, 5.74) is 1.64. The van der Waals surface area contributed by atoms with Crippen LogP contribution >= 0.6 is 0 Å². The lowest BCUT2D eigenvalue weighted by atomic mass is 10.1. The van der Waals surface area contributed by atoms with Crippen LogP contribution < -0.4 is 4.74 Å². The quantitative estimate of drug-likeness (QED) is 0.626. The van der Waals surface area contributed by atoms with Gasteiger partial charge in [0.1, 0.15) is 12.4 Å². The molecule has 1 aliphatic heterocycles. The summed E-state index contributed by atoms with van der Waals surface area (Å²) in [6, 6.07) is 12.4. The molecule has 1 saturated heterocycles. The zero-order chi connectivity index (χ0) is 19.5. The van der Waals surface area contributed by atoms with Gasteiger partial charge >= 0.3 is 0 Å². The third kappa shape index (κ3) is 3.78. The van der Waals surface area contributed by atoms with Gasteiger partial charge in [0, 0.05) is 12.6 Å². The van der Waals surface area contributed by atoms with E-state index in [1.165, 1.54) is 18.9 Å². The van der Waals surface area contributed by atoms with E-state index in [4.69, 9.17) is 4.74 Å². The van der Waals surface area contributed by atoms with Crippen molar-refractivity contribution < 1.29 is 13.5 Å². The highest BCUT2D eigenvalue weighted by Gasteiger charge is 2.20. The lowest BCUT2D eigenvalue weighted by Crippen LogP contribution is -2.20. The summed E-state index contributed by atoms with van der Waals surface area (Å²) in [4.78, 5) is 6.75. The minimum absolute atomic E-state index is 0.0930. The molecule has 28 heavy (non-hydrogen) atoms. The second kappa shape index (κ2) is 8.10. The highest BCUT2D eigenvalue weighted by molar-refractivity contribution is 5.61. The second-order valence-corrected chi connectivity index (χ2v) is 7.12. The molecule has 2 aromatic carbocycles. The predicted molar refractivity (Wildman–Crippen MR) is 104 cm³/mol. The van der Waals surface area contributed by atoms with E-state index in [1.807, 2.05) is 41.9 Å². The Balaban J connectivity index is 1.54. The number of ether oxygens (including phenoxy) is 1. The molecule has 0 saturated carbocycles. The topological polar surface area (TPSA) is 30.3 Å². The Bertz CT molecular complexity index is 950. The van der Waals surface area contributed by atoms with Gasteiger partial charge in [-0.1, -0.05) is 30.3 Å². The third-order valence-electron chi connectivity index (χ3n) is 5.21. The average molecular weight is 383 g/mol. The lowest BCUT2D eigenvalue weighted by molar-refractivity contribution is 0.285. The summed E-state index contributed by atoms with van der Waals surface area (Å²) in [6.07, 6.45) is 4.00. The third-order valence-corrected chi connectivity index (χ3v) is 5.21. The Hall–Kier alpha value is -2.73. The van der Waals surface area contributed by atoms with Crippen molar-refractivity contribution in [3.05, 3.63) is 71.7 Å². The number of halogens is 2. The van der Waals surface area contributed by atoms with Gasteiger partial charge in [-0.2, -0.15) is 4.39 Å². The Morgan fingerprint density at radius 3 is 2.50 bits per heavy atom. The van der Waals surface area contributed by atoms with Crippen molar-refractivity contribution in [1.82, 2.24) is 14.5 Å². The van der Waals surface area contributed by atoms with Gasteiger partial charge in [0.2, 0.25) is 5.82 Å². The number of aromatic nitrogens is 2. The normalized spacial score (nSPS) is 14.5. The number of likely N-dealkylation sites (tertiary alicyclic amines) is 1. The van der Waals surface area contributed by atoms with E-state index < -0.39 is 11.6 Å². The molecule has 0 N–H and O–H groups in total. The second-order valence-electron chi connectivity index (χ2n) is 7.12. The average Bonchev–Trinajstić information content (AvgIpc) is 3.35. The number of hydrogen-bond donors (Lipinski definition) is 0. The first-order valence-corrected chi connectivity index (χ1v) is 9.51. The van der Waals surface area contributed by atoms with Crippen LogP contribution in [-0.4, -0.2) is 27.5 Å². The van der Waals surface area contributed by atoms with Gasteiger partial charge in [-0.05, 0) is 43.6 Å². The van der Waals surface area contributed by atoms with Crippen LogP contribution in [0.4, 0.5) is 8.78 Å². The Morgan fingerprint density at radius 2 is 1.75 bits per heavy atom. The molecule has 146 valence electrons. The van der Waals surface area contributed by atoms with Crippen molar-refractivity contribution in [1.29, 1.82) is 0 Å². The Kier molecular flexibility index (Phi) is 5.39. The minimum atomic E-state index is -0.976. The summed E-state index contributed by atoms with van der Waals surface area (Å²) < 4.78 is 36.6. The van der Waals surface area contributed by atoms with E-state index in [-0.39, 0.29) is 17.9 Å². The molecule has 4 rings (SSSR count). The van der Waals surface area contributed by atoms with Crippen LogP contribution in [0.25, 0.3) is 11.3 Å². The van der Waals surface area contributed by atoms with E-state index in [0.717, 1.165) is 31.0 Å². The molecule has 3 aromatic rings. The van der Waals surface area contributed by atoms with Gasteiger partial charge in [-0.15, -0.1) is 0 Å². The molecule has 1 aromatic heterocycles. The maximum absolute atomic E-state index is 14.8. The minimum Gasteiger partial charge on any atom is -0.486 e. The number of rotatable bonds is 6. The highest BCUT2D eigenvalue weighted by Crippen LogP contribution is 2.30. The first-order chi connectivity index (χ1) is 13.6. The first kappa shape index (κ1) is 18.6. The molecule has 0 bridgehead atoms. The maximum atomic E-state index is 14.8. The summed E-state index contributed by atoms with van der Waals surface area (Å²) in [5.74, 6) is -1.14. The van der Waals surface area contributed by atoms with Gasteiger partial charge in [0.25, 0.3) is 0 Å². The molecule has 4 nitrogen and oxygen atoms in total. The van der Waals surface area contributed by atoms with Crippen molar-refractivity contribution in [3.63, 3.8) is 0 Å². The Labute approximate surface area is 163 Å². The van der Waals surface area contributed by atoms with Gasteiger partial charge < -0.3 is 9.30 Å². The van der Waals surface area contributed by atoms with E-state index in [2.05, 4.69) is 9.88 Å². The molecule has 0 aliphatic carbocycles. The molecule has 0 radical (unpaired) electrons. The van der Waals surface area contributed by atoms with Gasteiger partial charge in [-0.25, -0.2) is 9.37 Å².